The second kappa shape index (κ2) is 36.6. The zero-order valence-electron chi connectivity index (χ0n) is 44.1. The highest BCUT2D eigenvalue weighted by molar-refractivity contribution is 7.61. The van der Waals surface area contributed by atoms with E-state index in [1.54, 1.807) is 12.2 Å². The number of carbonyl (C=O) groups excluding carboxylic acids is 3. The number of phosphoric ester groups is 2. The van der Waals surface area contributed by atoms with Crippen LogP contribution in [0, 0.1) is 11.8 Å². The van der Waals surface area contributed by atoms with Gasteiger partial charge in [0.15, 0.2) is 6.10 Å². The number of esters is 2. The molecule has 0 saturated carbocycles. The average Bonchev–Trinajstić information content (AvgIpc) is 3.35. The number of rotatable bonds is 25. The number of allylic oxidation sites excluding steroid dienone is 4. The number of nitrogens with zero attached hydrogens (tertiary/aromatic N) is 2. The van der Waals surface area contributed by atoms with Gasteiger partial charge in [-0.3, -0.25) is 28.0 Å². The van der Waals surface area contributed by atoms with E-state index in [1.807, 2.05) is 6.92 Å². The van der Waals surface area contributed by atoms with Gasteiger partial charge in [0, 0.05) is 31.4 Å². The number of nitrogen functional groups attached to an aromatic ring is 1. The summed E-state index contributed by atoms with van der Waals surface area (Å²) in [6.45, 7) is 1.44. The predicted molar refractivity (Wildman–Crippen MR) is 281 cm³/mol. The molecule has 1 aromatic rings. The number of aliphatic hydroxyl groups is 4. The lowest BCUT2D eigenvalue weighted by Gasteiger charge is -2.38. The number of hydrogen-bond acceptors (Lipinski definition) is 18. The molecule has 21 nitrogen and oxygen atoms in total. The minimum atomic E-state index is -5.73. The molecular formula is C52H87N3O18P2. The Morgan fingerprint density at radius 3 is 2.11 bits per heavy atom. The molecule has 0 radical (unpaired) electrons. The molecule has 2 bridgehead atoms. The highest BCUT2D eigenvalue weighted by Crippen LogP contribution is 2.60. The molecule has 8 N–H and O–H groups in total. The molecule has 75 heavy (non-hydrogen) atoms. The quantitative estimate of drug-likeness (QED) is 0.0210. The Kier molecular flexibility index (Phi) is 32.2. The monoisotopic (exact) mass is 1100 g/mol. The van der Waals surface area contributed by atoms with Crippen LogP contribution in [0.2, 0.25) is 0 Å². The first-order valence-electron chi connectivity index (χ1n) is 27.1. The summed E-state index contributed by atoms with van der Waals surface area (Å²) in [4.78, 5) is 78.5. The van der Waals surface area contributed by atoms with Crippen molar-refractivity contribution in [1.29, 1.82) is 0 Å². The molecule has 0 aromatic carbocycles. The fraction of sp³-hybridized carbons (Fsp3) is 0.750. The number of ketones is 1. The minimum absolute atomic E-state index is 0.00921. The number of anilines is 1. The van der Waals surface area contributed by atoms with Gasteiger partial charge in [0.2, 0.25) is 0 Å². The van der Waals surface area contributed by atoms with Crippen molar-refractivity contribution in [3.05, 3.63) is 59.2 Å². The smallest absolute Gasteiger partial charge is 0.462 e. The first kappa shape index (κ1) is 65.9. The van der Waals surface area contributed by atoms with Crippen molar-refractivity contribution in [1.82, 2.24) is 9.55 Å². The first-order valence-corrected chi connectivity index (χ1v) is 30.1. The molecule has 1 aromatic heterocycles. The minimum Gasteiger partial charge on any atom is -0.462 e. The molecule has 0 spiro atoms. The van der Waals surface area contributed by atoms with Crippen molar-refractivity contribution < 1.29 is 81.3 Å². The second-order valence-electron chi connectivity index (χ2n) is 19.5. The summed E-state index contributed by atoms with van der Waals surface area (Å²) in [5.41, 5.74) is 4.72. The number of phosphoric acid groups is 2. The number of aromatic nitrogens is 2. The molecule has 23 heteroatoms. The van der Waals surface area contributed by atoms with Crippen LogP contribution in [0.4, 0.5) is 5.82 Å². The second-order valence-corrected chi connectivity index (χ2v) is 22.5. The zero-order chi connectivity index (χ0) is 55.1. The third-order valence-electron chi connectivity index (χ3n) is 13.0. The molecule has 428 valence electrons. The fourth-order valence-corrected chi connectivity index (χ4v) is 10.8. The van der Waals surface area contributed by atoms with E-state index >= 15 is 0 Å². The number of Topliss-reactive ketones (excluding diaryl/α,β-unsaturated/α-hetero) is 1. The summed E-state index contributed by atoms with van der Waals surface area (Å²) in [5.74, 6) is -5.15. The maximum Gasteiger partial charge on any atom is 0.481 e. The van der Waals surface area contributed by atoms with E-state index in [-0.39, 0.29) is 37.9 Å². The molecule has 0 aliphatic carbocycles. The number of fused-ring (bicyclic) bond motifs is 3. The molecule has 11 atom stereocenters. The van der Waals surface area contributed by atoms with E-state index in [9.17, 15) is 58.5 Å². The molecule has 3 rings (SSSR count). The number of ether oxygens (including phenoxy) is 3. The normalized spacial score (nSPS) is 29.2. The van der Waals surface area contributed by atoms with Crippen molar-refractivity contribution in [3.8, 4) is 0 Å². The van der Waals surface area contributed by atoms with Gasteiger partial charge in [-0.2, -0.15) is 9.29 Å². The van der Waals surface area contributed by atoms with Gasteiger partial charge < -0.3 is 50.2 Å². The van der Waals surface area contributed by atoms with Gasteiger partial charge in [0.25, 0.3) is 0 Å². The summed E-state index contributed by atoms with van der Waals surface area (Å²) in [7, 11) is -11.3. The SMILES string of the molecule is CCCCCCCC/C=C\CCCCCCCCCC(=O)O[C@@H]1COC(=O)CCC/C=C\C[C@H]2C(=O)C[C@@H](O)[C@H](/C=C/[C@@H](O)CCCCC)[C@H](O)[C@H](O)[C@@H](COP(=O)(O)OP(=O)(O)OC1)O[C@H]2n1ccc(N)nc1=O. The number of nitrogens with two attached hydrogens (primary N) is 1. The van der Waals surface area contributed by atoms with E-state index < -0.39 is 120 Å². The maximum absolute atomic E-state index is 14.3. The molecule has 2 aliphatic rings. The summed E-state index contributed by atoms with van der Waals surface area (Å²) in [5, 5.41) is 45.5. The first-order chi connectivity index (χ1) is 35.9. The van der Waals surface area contributed by atoms with Crippen molar-refractivity contribution in [2.75, 3.05) is 25.6 Å². The summed E-state index contributed by atoms with van der Waals surface area (Å²) in [6.07, 6.45) is 18.1. The Hall–Kier alpha value is -3.43. The van der Waals surface area contributed by atoms with Crippen LogP contribution in [0.1, 0.15) is 181 Å². The topological polar surface area (TPSA) is 323 Å². The van der Waals surface area contributed by atoms with E-state index in [0.717, 1.165) is 75.0 Å². The Morgan fingerprint density at radius 2 is 1.45 bits per heavy atom. The Labute approximate surface area is 442 Å². The molecule has 3 heterocycles. The summed E-state index contributed by atoms with van der Waals surface area (Å²) < 4.78 is 59.0. The van der Waals surface area contributed by atoms with Crippen molar-refractivity contribution >= 4 is 39.2 Å². The third-order valence-corrected chi connectivity index (χ3v) is 15.6. The van der Waals surface area contributed by atoms with Crippen LogP contribution in [0.25, 0.3) is 0 Å². The van der Waals surface area contributed by atoms with Gasteiger partial charge in [-0.15, -0.1) is 0 Å². The van der Waals surface area contributed by atoms with Crippen LogP contribution < -0.4 is 11.4 Å². The number of hydrogen-bond donors (Lipinski definition) is 7. The molecule has 1 fully saturated rings. The van der Waals surface area contributed by atoms with E-state index in [4.69, 9.17) is 29.0 Å². The van der Waals surface area contributed by atoms with Crippen LogP contribution in [0.3, 0.4) is 0 Å². The molecule has 1 saturated heterocycles. The van der Waals surface area contributed by atoms with Gasteiger partial charge >= 0.3 is 33.3 Å². The van der Waals surface area contributed by atoms with Crippen molar-refractivity contribution in [2.24, 2.45) is 11.8 Å². The van der Waals surface area contributed by atoms with Crippen LogP contribution in [0.5, 0.6) is 0 Å². The maximum atomic E-state index is 14.3. The molecule has 2 unspecified atom stereocenters. The third kappa shape index (κ3) is 27.1. The highest BCUT2D eigenvalue weighted by Gasteiger charge is 2.45. The standard InChI is InChI=1S/C52H87N3O18P2/c1-3-5-7-8-9-10-11-12-13-14-15-16-17-18-19-20-26-30-48(60)71-40-36-68-47(59)29-25-22-21-24-28-42-44(58)35-43(57)41(32-31-39(56)27-23-6-4-2)49(61)50(62)45(38-70-75(66,67)73-74(64,65)69-37-40)72-51(42)55-34-33-46(53)54-52(55)63/h12-13,21,24,31-34,39-43,45,49-51,56-57,61-62H,3-11,14-20,22-23,25-30,35-38H2,1-2H3,(H,64,65)(H,66,67)(H2,53,54,63)/b13-12-,24-21-,32-31+/t39-,40+,41-,42-,43+,45+,49-,50+,51+/m0/s1. The number of cyclic esters (lactones) is 1. The fourth-order valence-electron chi connectivity index (χ4n) is 8.71. The van der Waals surface area contributed by atoms with E-state index in [0.29, 0.717) is 19.3 Å². The van der Waals surface area contributed by atoms with Crippen molar-refractivity contribution in [3.63, 3.8) is 0 Å². The molecule has 2 aliphatic heterocycles. The molecule has 0 amide bonds. The van der Waals surface area contributed by atoms with Crippen LogP contribution in [-0.2, 0) is 51.1 Å². The summed E-state index contributed by atoms with van der Waals surface area (Å²) >= 11 is 0. The van der Waals surface area contributed by atoms with Gasteiger partial charge in [-0.05, 0) is 63.9 Å². The Balaban J connectivity index is 1.76. The highest BCUT2D eigenvalue weighted by atomic mass is 31.3. The van der Waals surface area contributed by atoms with Gasteiger partial charge in [-0.25, -0.2) is 13.9 Å². The number of carbonyl (C=O) groups is 3. The lowest BCUT2D eigenvalue weighted by Crippen LogP contribution is -2.51. The van der Waals surface area contributed by atoms with Crippen LogP contribution in [-0.4, -0.2) is 114 Å². The lowest BCUT2D eigenvalue weighted by atomic mass is 9.83. The Bertz CT molecular complexity index is 2070. The Morgan fingerprint density at radius 1 is 0.840 bits per heavy atom. The largest absolute Gasteiger partial charge is 0.481 e. The molecular weight excluding hydrogens is 1020 g/mol. The predicted octanol–water partition coefficient (Wildman–Crippen LogP) is 8.15. The summed E-state index contributed by atoms with van der Waals surface area (Å²) in [6, 6.07) is 1.21. The van der Waals surface area contributed by atoms with Gasteiger partial charge in [0.1, 0.15) is 36.6 Å². The van der Waals surface area contributed by atoms with Crippen LogP contribution >= 0.6 is 15.6 Å². The van der Waals surface area contributed by atoms with E-state index in [2.05, 4.69) is 28.4 Å². The van der Waals surface area contributed by atoms with E-state index in [1.165, 1.54) is 56.7 Å². The van der Waals surface area contributed by atoms with Gasteiger partial charge in [0.05, 0.1) is 37.4 Å². The lowest BCUT2D eigenvalue weighted by molar-refractivity contribution is -0.183. The number of aliphatic hydroxyl groups excluding tert-OH is 4. The van der Waals surface area contributed by atoms with Crippen molar-refractivity contribution in [2.45, 2.75) is 217 Å². The number of unbranched alkanes of at least 4 members (excludes halogenated alkanes) is 15. The zero-order valence-corrected chi connectivity index (χ0v) is 45.9. The van der Waals surface area contributed by atoms with Gasteiger partial charge in [-0.1, -0.05) is 134 Å². The van der Waals surface area contributed by atoms with Crippen LogP contribution in [0.15, 0.2) is 53.5 Å². The average molecular weight is 1100 g/mol.